The molecule has 1 heterocycles. The van der Waals surface area contributed by atoms with Gasteiger partial charge in [-0.15, -0.1) is 11.3 Å². The van der Waals surface area contributed by atoms with E-state index in [0.717, 1.165) is 23.5 Å². The number of halogens is 2. The van der Waals surface area contributed by atoms with Crippen LogP contribution in [0.4, 0.5) is 15.2 Å². The molecule has 1 aromatic heterocycles. The molecular weight excluding hydrogens is 357 g/mol. The lowest BCUT2D eigenvalue weighted by molar-refractivity contribution is 0.599. The van der Waals surface area contributed by atoms with E-state index in [1.165, 1.54) is 0 Å². The Morgan fingerprint density at radius 1 is 1.47 bits per heavy atom. The second kappa shape index (κ2) is 5.06. The van der Waals surface area contributed by atoms with Gasteiger partial charge in [0, 0.05) is 9.85 Å². The Morgan fingerprint density at radius 2 is 2.16 bits per heavy atom. The molecule has 0 aliphatic carbocycles. The topological polar surface area (TPSA) is 85.1 Å². The molecular formula is C10H9BrFN3O2S2. The summed E-state index contributed by atoms with van der Waals surface area (Å²) in [5.41, 5.74) is 5.85. The molecule has 0 saturated carbocycles. The number of nitrogens with two attached hydrogens (primary N) is 1. The largest absolute Gasteiger partial charge is 0.396 e. The van der Waals surface area contributed by atoms with Crippen molar-refractivity contribution in [3.8, 4) is 0 Å². The van der Waals surface area contributed by atoms with E-state index in [0.29, 0.717) is 5.69 Å². The van der Waals surface area contributed by atoms with Crippen molar-refractivity contribution in [3.05, 3.63) is 33.5 Å². The molecule has 0 radical (unpaired) electrons. The summed E-state index contributed by atoms with van der Waals surface area (Å²) in [5.74, 6) is -0.684. The maximum absolute atomic E-state index is 13.2. The van der Waals surface area contributed by atoms with Crippen LogP contribution in [0.1, 0.15) is 5.69 Å². The second-order valence-corrected chi connectivity index (χ2v) is 7.07. The summed E-state index contributed by atoms with van der Waals surface area (Å²) in [5, 5.41) is 1.96. The quantitative estimate of drug-likeness (QED) is 0.818. The Morgan fingerprint density at radius 3 is 2.74 bits per heavy atom. The molecule has 2 rings (SSSR count). The Balaban J connectivity index is 2.42. The predicted octanol–water partition coefficient (Wildman–Crippen LogP) is 2.74. The van der Waals surface area contributed by atoms with E-state index in [2.05, 4.69) is 25.6 Å². The van der Waals surface area contributed by atoms with E-state index in [4.69, 9.17) is 5.73 Å². The molecule has 2 aromatic rings. The molecule has 0 unspecified atom stereocenters. The number of hydrogen-bond acceptors (Lipinski definition) is 5. The standard InChI is InChI=1S/C10H9BrFN3O2S2/c1-5-4-18-10(14-5)15-19(16,17)9-3-8(13)7(12)2-6(9)11/h2-4H,13H2,1H3,(H,14,15). The number of anilines is 2. The Kier molecular flexibility index (Phi) is 3.79. The number of thiazole rings is 1. The number of sulfonamides is 1. The molecule has 5 nitrogen and oxygen atoms in total. The molecule has 1 aromatic carbocycles. The molecule has 102 valence electrons. The molecule has 0 aliphatic rings. The Bertz CT molecular complexity index is 730. The molecule has 0 aliphatic heterocycles. The lowest BCUT2D eigenvalue weighted by Gasteiger charge is -2.08. The third kappa shape index (κ3) is 3.04. The molecule has 9 heteroatoms. The zero-order chi connectivity index (χ0) is 14.2. The molecule has 0 fully saturated rings. The number of benzene rings is 1. The summed E-state index contributed by atoms with van der Waals surface area (Å²) < 4.78 is 39.9. The molecule has 0 amide bonds. The van der Waals surface area contributed by atoms with Crippen molar-refractivity contribution >= 4 is 48.1 Å². The highest BCUT2D eigenvalue weighted by atomic mass is 79.9. The highest BCUT2D eigenvalue weighted by Gasteiger charge is 2.21. The molecule has 0 spiro atoms. The van der Waals surface area contributed by atoms with Gasteiger partial charge in [-0.25, -0.2) is 17.8 Å². The van der Waals surface area contributed by atoms with Crippen molar-refractivity contribution in [1.82, 2.24) is 4.98 Å². The zero-order valence-electron chi connectivity index (χ0n) is 9.65. The molecule has 19 heavy (non-hydrogen) atoms. The first kappa shape index (κ1) is 14.2. The number of rotatable bonds is 3. The average Bonchev–Trinajstić information content (AvgIpc) is 2.68. The van der Waals surface area contributed by atoms with Crippen molar-refractivity contribution < 1.29 is 12.8 Å². The zero-order valence-corrected chi connectivity index (χ0v) is 12.9. The number of aryl methyl sites for hydroxylation is 1. The van der Waals surface area contributed by atoms with Gasteiger partial charge >= 0.3 is 0 Å². The fourth-order valence-corrected chi connectivity index (χ4v) is 4.31. The molecule has 3 N–H and O–H groups in total. The first-order chi connectivity index (χ1) is 8.79. The monoisotopic (exact) mass is 365 g/mol. The predicted molar refractivity (Wildman–Crippen MR) is 76.2 cm³/mol. The van der Waals surface area contributed by atoms with Gasteiger partial charge in [0.25, 0.3) is 10.0 Å². The van der Waals surface area contributed by atoms with Crippen molar-refractivity contribution in [3.63, 3.8) is 0 Å². The van der Waals surface area contributed by atoms with Crippen LogP contribution in [-0.2, 0) is 10.0 Å². The van der Waals surface area contributed by atoms with Crippen LogP contribution < -0.4 is 10.5 Å². The summed E-state index contributed by atoms with van der Waals surface area (Å²) in [4.78, 5) is 3.86. The summed E-state index contributed by atoms with van der Waals surface area (Å²) in [7, 11) is -3.87. The summed E-state index contributed by atoms with van der Waals surface area (Å²) in [6.07, 6.45) is 0. The number of nitrogens with zero attached hydrogens (tertiary/aromatic N) is 1. The van der Waals surface area contributed by atoms with Crippen molar-refractivity contribution in [2.45, 2.75) is 11.8 Å². The average molecular weight is 366 g/mol. The van der Waals surface area contributed by atoms with Crippen LogP contribution in [0.15, 0.2) is 26.9 Å². The number of hydrogen-bond donors (Lipinski definition) is 2. The van der Waals surface area contributed by atoms with Gasteiger partial charge < -0.3 is 5.73 Å². The minimum atomic E-state index is -3.87. The molecule has 0 bridgehead atoms. The Hall–Kier alpha value is -1.19. The van der Waals surface area contributed by atoms with E-state index >= 15 is 0 Å². The highest BCUT2D eigenvalue weighted by Crippen LogP contribution is 2.28. The maximum atomic E-state index is 13.2. The van der Waals surface area contributed by atoms with Gasteiger partial charge in [0.1, 0.15) is 10.7 Å². The maximum Gasteiger partial charge on any atom is 0.264 e. The number of nitrogen functional groups attached to an aromatic ring is 1. The van der Waals surface area contributed by atoms with Gasteiger partial charge in [-0.3, -0.25) is 4.72 Å². The minimum Gasteiger partial charge on any atom is -0.396 e. The van der Waals surface area contributed by atoms with Gasteiger partial charge in [0.05, 0.1) is 11.4 Å². The summed E-state index contributed by atoms with van der Waals surface area (Å²) >= 11 is 4.17. The van der Waals surface area contributed by atoms with E-state index in [1.54, 1.807) is 12.3 Å². The van der Waals surface area contributed by atoms with Crippen LogP contribution in [0.25, 0.3) is 0 Å². The minimum absolute atomic E-state index is 0.0972. The van der Waals surface area contributed by atoms with E-state index < -0.39 is 15.8 Å². The molecule has 0 saturated heterocycles. The van der Waals surface area contributed by atoms with Gasteiger partial charge in [-0.05, 0) is 35.0 Å². The van der Waals surface area contributed by atoms with E-state index in [1.807, 2.05) is 0 Å². The summed E-state index contributed by atoms with van der Waals surface area (Å²) in [6.45, 7) is 1.75. The van der Waals surface area contributed by atoms with Gasteiger partial charge in [0.15, 0.2) is 5.13 Å². The van der Waals surface area contributed by atoms with E-state index in [-0.39, 0.29) is 20.2 Å². The van der Waals surface area contributed by atoms with Crippen molar-refractivity contribution in [2.24, 2.45) is 0 Å². The third-order valence-electron chi connectivity index (χ3n) is 2.18. The smallest absolute Gasteiger partial charge is 0.264 e. The van der Waals surface area contributed by atoms with Gasteiger partial charge in [0.2, 0.25) is 0 Å². The van der Waals surface area contributed by atoms with Crippen LogP contribution >= 0.6 is 27.3 Å². The highest BCUT2D eigenvalue weighted by molar-refractivity contribution is 9.10. The van der Waals surface area contributed by atoms with Crippen LogP contribution in [0.2, 0.25) is 0 Å². The number of aromatic nitrogens is 1. The first-order valence-corrected chi connectivity index (χ1v) is 8.14. The molecule has 0 atom stereocenters. The van der Waals surface area contributed by atoms with Crippen LogP contribution in [-0.4, -0.2) is 13.4 Å². The van der Waals surface area contributed by atoms with Crippen molar-refractivity contribution in [1.29, 1.82) is 0 Å². The Labute approximate surface area is 121 Å². The van der Waals surface area contributed by atoms with Crippen molar-refractivity contribution in [2.75, 3.05) is 10.5 Å². The fourth-order valence-electron chi connectivity index (χ4n) is 1.32. The first-order valence-electron chi connectivity index (χ1n) is 4.99. The fraction of sp³-hybridized carbons (Fsp3) is 0.100. The summed E-state index contributed by atoms with van der Waals surface area (Å²) in [6, 6.07) is 2.07. The SMILES string of the molecule is Cc1csc(NS(=O)(=O)c2cc(N)c(F)cc2Br)n1. The van der Waals surface area contributed by atoms with Crippen LogP contribution in [0, 0.1) is 12.7 Å². The van der Waals surface area contributed by atoms with E-state index in [9.17, 15) is 12.8 Å². The lowest BCUT2D eigenvalue weighted by atomic mass is 10.3. The second-order valence-electron chi connectivity index (χ2n) is 3.70. The van der Waals surface area contributed by atoms with Gasteiger partial charge in [-0.1, -0.05) is 0 Å². The third-order valence-corrected chi connectivity index (χ3v) is 5.48. The normalized spacial score (nSPS) is 11.5. The number of nitrogens with one attached hydrogen (secondary N) is 1. The van der Waals surface area contributed by atoms with Crippen LogP contribution in [0.5, 0.6) is 0 Å². The van der Waals surface area contributed by atoms with Crippen LogP contribution in [0.3, 0.4) is 0 Å². The lowest BCUT2D eigenvalue weighted by Crippen LogP contribution is -2.14. The van der Waals surface area contributed by atoms with Gasteiger partial charge in [-0.2, -0.15) is 0 Å².